The normalized spacial score (nSPS) is 12.3. The van der Waals surface area contributed by atoms with Gasteiger partial charge in [-0.25, -0.2) is 0 Å². The van der Waals surface area contributed by atoms with Gasteiger partial charge in [-0.2, -0.15) is 0 Å². The molecule has 0 saturated heterocycles. The first kappa shape index (κ1) is 20.4. The molecule has 0 aliphatic rings. The largest absolute Gasteiger partial charge is 0.469 e. The second kappa shape index (κ2) is 15.8. The number of hydrogen-bond donors (Lipinski definition) is 1. The van der Waals surface area contributed by atoms with E-state index in [1.165, 1.54) is 58.5 Å². The summed E-state index contributed by atoms with van der Waals surface area (Å²) in [4.78, 5) is 10.9. The summed E-state index contributed by atoms with van der Waals surface area (Å²) in [7, 11) is 1.42. The van der Waals surface area contributed by atoms with Crippen molar-refractivity contribution in [2.45, 2.75) is 103 Å². The first-order chi connectivity index (χ1) is 10.2. The van der Waals surface area contributed by atoms with Crippen LogP contribution in [0.3, 0.4) is 0 Å². The number of aliphatic hydroxyl groups is 1. The van der Waals surface area contributed by atoms with Gasteiger partial charge in [0.15, 0.2) is 0 Å². The van der Waals surface area contributed by atoms with Crippen molar-refractivity contribution < 1.29 is 14.6 Å². The highest BCUT2D eigenvalue weighted by Gasteiger charge is 2.05. The second-order valence-corrected chi connectivity index (χ2v) is 6.09. The Bertz CT molecular complexity index is 229. The molecule has 0 amide bonds. The van der Waals surface area contributed by atoms with Crippen molar-refractivity contribution in [3.05, 3.63) is 0 Å². The minimum absolute atomic E-state index is 0.150. The molecule has 21 heavy (non-hydrogen) atoms. The highest BCUT2D eigenvalue weighted by Crippen LogP contribution is 2.14. The average molecular weight is 300 g/mol. The maximum absolute atomic E-state index is 10.9. The third-order valence-electron chi connectivity index (χ3n) is 4.04. The molecule has 3 heteroatoms. The smallest absolute Gasteiger partial charge is 0.305 e. The Morgan fingerprint density at radius 2 is 1.33 bits per heavy atom. The van der Waals surface area contributed by atoms with Gasteiger partial charge in [-0.05, 0) is 19.3 Å². The van der Waals surface area contributed by atoms with Crippen LogP contribution in [-0.2, 0) is 9.53 Å². The van der Waals surface area contributed by atoms with E-state index < -0.39 is 0 Å². The molecule has 0 rings (SSSR count). The molecule has 0 fully saturated rings. The van der Waals surface area contributed by atoms with E-state index in [0.717, 1.165) is 32.1 Å². The van der Waals surface area contributed by atoms with Gasteiger partial charge in [-0.3, -0.25) is 4.79 Å². The van der Waals surface area contributed by atoms with Crippen molar-refractivity contribution in [1.82, 2.24) is 0 Å². The summed E-state index contributed by atoms with van der Waals surface area (Å²) in [5, 5.41) is 9.86. The molecule has 0 aromatic heterocycles. The molecule has 1 N–H and O–H groups in total. The fraction of sp³-hybridized carbons (Fsp3) is 0.944. The fourth-order valence-electron chi connectivity index (χ4n) is 2.59. The first-order valence-corrected chi connectivity index (χ1v) is 8.95. The second-order valence-electron chi connectivity index (χ2n) is 6.09. The zero-order chi connectivity index (χ0) is 15.8. The lowest BCUT2D eigenvalue weighted by Crippen LogP contribution is -2.07. The van der Waals surface area contributed by atoms with Gasteiger partial charge in [-0.1, -0.05) is 71.1 Å². The predicted octanol–water partition coefficient (Wildman–Crippen LogP) is 5.00. The lowest BCUT2D eigenvalue weighted by molar-refractivity contribution is -0.140. The van der Waals surface area contributed by atoms with Crippen LogP contribution in [0.5, 0.6) is 0 Å². The minimum atomic E-state index is -0.188. The van der Waals surface area contributed by atoms with Crippen molar-refractivity contribution in [1.29, 1.82) is 0 Å². The molecule has 0 bridgehead atoms. The van der Waals surface area contributed by atoms with Crippen LogP contribution < -0.4 is 0 Å². The van der Waals surface area contributed by atoms with E-state index in [1.54, 1.807) is 0 Å². The van der Waals surface area contributed by atoms with E-state index in [9.17, 15) is 9.90 Å². The van der Waals surface area contributed by atoms with Crippen LogP contribution in [0.4, 0.5) is 0 Å². The van der Waals surface area contributed by atoms with Crippen LogP contribution in [0.1, 0.15) is 96.8 Å². The molecular formula is C18H36O3. The summed E-state index contributed by atoms with van der Waals surface area (Å²) >= 11 is 0. The molecule has 0 spiro atoms. The van der Waals surface area contributed by atoms with Gasteiger partial charge in [0.2, 0.25) is 0 Å². The van der Waals surface area contributed by atoms with Crippen LogP contribution in [0, 0.1) is 0 Å². The van der Waals surface area contributed by atoms with Gasteiger partial charge in [-0.15, -0.1) is 0 Å². The average Bonchev–Trinajstić information content (AvgIpc) is 2.49. The maximum Gasteiger partial charge on any atom is 0.305 e. The quantitative estimate of drug-likeness (QED) is 0.342. The number of rotatable bonds is 15. The van der Waals surface area contributed by atoms with Crippen molar-refractivity contribution in [3.8, 4) is 0 Å². The minimum Gasteiger partial charge on any atom is -0.469 e. The number of esters is 1. The third kappa shape index (κ3) is 15.6. The monoisotopic (exact) mass is 300 g/mol. The first-order valence-electron chi connectivity index (χ1n) is 8.95. The molecule has 1 unspecified atom stereocenters. The molecule has 0 heterocycles. The number of ether oxygens (including phenoxy) is 1. The van der Waals surface area contributed by atoms with Gasteiger partial charge in [0.1, 0.15) is 0 Å². The van der Waals surface area contributed by atoms with Crippen molar-refractivity contribution >= 4 is 5.97 Å². The highest BCUT2D eigenvalue weighted by molar-refractivity contribution is 5.68. The Morgan fingerprint density at radius 3 is 1.86 bits per heavy atom. The summed E-state index contributed by atoms with van der Waals surface area (Å²) in [6, 6.07) is 0. The number of methoxy groups -OCH3 is 1. The standard InChI is InChI=1S/C18H36O3/c1-3-4-5-6-7-8-9-10-11-14-17(19)15-12-13-16-18(20)21-2/h17,19H,3-16H2,1-2H3. The fourth-order valence-corrected chi connectivity index (χ4v) is 2.59. The summed E-state index contributed by atoms with van der Waals surface area (Å²) in [6.45, 7) is 2.25. The van der Waals surface area contributed by atoms with E-state index in [1.807, 2.05) is 0 Å². The molecule has 0 saturated carbocycles. The number of carbonyl (C=O) groups excluding carboxylic acids is 1. The van der Waals surface area contributed by atoms with Gasteiger partial charge in [0.25, 0.3) is 0 Å². The van der Waals surface area contributed by atoms with Gasteiger partial charge in [0, 0.05) is 6.42 Å². The lowest BCUT2D eigenvalue weighted by atomic mass is 10.0. The Labute approximate surface area is 131 Å². The Balaban J connectivity index is 3.19. The number of aliphatic hydroxyl groups excluding tert-OH is 1. The van der Waals surface area contributed by atoms with Gasteiger partial charge < -0.3 is 9.84 Å². The molecule has 3 nitrogen and oxygen atoms in total. The highest BCUT2D eigenvalue weighted by atomic mass is 16.5. The summed E-state index contributed by atoms with van der Waals surface area (Å²) in [6.07, 6.45) is 15.6. The lowest BCUT2D eigenvalue weighted by Gasteiger charge is -2.10. The van der Waals surface area contributed by atoms with Crippen LogP contribution >= 0.6 is 0 Å². The summed E-state index contributed by atoms with van der Waals surface area (Å²) in [5.74, 6) is -0.150. The van der Waals surface area contributed by atoms with E-state index >= 15 is 0 Å². The zero-order valence-corrected chi connectivity index (χ0v) is 14.2. The molecule has 1 atom stereocenters. The Kier molecular flexibility index (Phi) is 15.4. The van der Waals surface area contributed by atoms with E-state index in [2.05, 4.69) is 11.7 Å². The predicted molar refractivity (Wildman–Crippen MR) is 88.3 cm³/mol. The molecular weight excluding hydrogens is 264 g/mol. The Morgan fingerprint density at radius 1 is 0.857 bits per heavy atom. The molecule has 0 aliphatic carbocycles. The molecule has 0 radical (unpaired) electrons. The molecule has 0 aromatic carbocycles. The van der Waals surface area contributed by atoms with E-state index in [4.69, 9.17) is 0 Å². The molecule has 0 aliphatic heterocycles. The van der Waals surface area contributed by atoms with Crippen LogP contribution in [-0.4, -0.2) is 24.3 Å². The van der Waals surface area contributed by atoms with Crippen molar-refractivity contribution in [2.75, 3.05) is 7.11 Å². The number of unbranched alkanes of at least 4 members (excludes halogenated alkanes) is 9. The molecule has 126 valence electrons. The van der Waals surface area contributed by atoms with Crippen LogP contribution in [0.25, 0.3) is 0 Å². The van der Waals surface area contributed by atoms with Crippen molar-refractivity contribution in [2.24, 2.45) is 0 Å². The SMILES string of the molecule is CCCCCCCCCCCC(O)CCCCC(=O)OC. The van der Waals surface area contributed by atoms with E-state index in [-0.39, 0.29) is 12.1 Å². The topological polar surface area (TPSA) is 46.5 Å². The number of hydrogen-bond acceptors (Lipinski definition) is 3. The van der Waals surface area contributed by atoms with Crippen LogP contribution in [0.2, 0.25) is 0 Å². The number of carbonyl (C=O) groups is 1. The molecule has 0 aromatic rings. The van der Waals surface area contributed by atoms with Gasteiger partial charge >= 0.3 is 5.97 Å². The third-order valence-corrected chi connectivity index (χ3v) is 4.04. The maximum atomic E-state index is 10.9. The zero-order valence-electron chi connectivity index (χ0n) is 14.2. The van der Waals surface area contributed by atoms with Crippen molar-refractivity contribution in [3.63, 3.8) is 0 Å². The van der Waals surface area contributed by atoms with Gasteiger partial charge in [0.05, 0.1) is 13.2 Å². The summed E-state index contributed by atoms with van der Waals surface area (Å²) < 4.78 is 4.59. The summed E-state index contributed by atoms with van der Waals surface area (Å²) in [5.41, 5.74) is 0. The van der Waals surface area contributed by atoms with E-state index in [0.29, 0.717) is 6.42 Å². The Hall–Kier alpha value is -0.570. The van der Waals surface area contributed by atoms with Crippen LogP contribution in [0.15, 0.2) is 0 Å².